The Hall–Kier alpha value is -2.10. The van der Waals surface area contributed by atoms with E-state index in [0.29, 0.717) is 12.8 Å². The second-order valence-corrected chi connectivity index (χ2v) is 13.8. The molecule has 1 atom stereocenters. The summed E-state index contributed by atoms with van der Waals surface area (Å²) in [5, 5.41) is 8.67. The summed E-state index contributed by atoms with van der Waals surface area (Å²) >= 11 is 0. The van der Waals surface area contributed by atoms with Crippen LogP contribution in [0.4, 0.5) is 0 Å². The number of carbonyl (C=O) groups is 2. The molecule has 0 aliphatic rings. The molecule has 0 bridgehead atoms. The van der Waals surface area contributed by atoms with Gasteiger partial charge in [-0.3, -0.25) is 9.59 Å². The van der Waals surface area contributed by atoms with Crippen molar-refractivity contribution in [3.8, 4) is 0 Å². The van der Waals surface area contributed by atoms with E-state index in [0.717, 1.165) is 83.5 Å². The molecule has 0 aliphatic heterocycles. The molecule has 0 heterocycles. The molecule has 0 fully saturated rings. The third kappa shape index (κ3) is 38.3. The molecule has 0 radical (unpaired) electrons. The number of hydrogen-bond donors (Lipinski definition) is 1. The van der Waals surface area contributed by atoms with Crippen molar-refractivity contribution in [1.82, 2.24) is 0 Å². The van der Waals surface area contributed by atoms with Crippen LogP contribution in [0, 0.1) is 0 Å². The van der Waals surface area contributed by atoms with Crippen molar-refractivity contribution in [1.29, 1.82) is 0 Å². The molecular weight excluding hydrogens is 592 g/mol. The van der Waals surface area contributed by atoms with E-state index in [2.05, 4.69) is 62.5 Å². The first-order valence-corrected chi connectivity index (χ1v) is 20.6. The van der Waals surface area contributed by atoms with Crippen molar-refractivity contribution in [3.63, 3.8) is 0 Å². The summed E-state index contributed by atoms with van der Waals surface area (Å²) in [6.07, 6.45) is 53.2. The van der Waals surface area contributed by atoms with Crippen molar-refractivity contribution in [2.24, 2.45) is 0 Å². The van der Waals surface area contributed by atoms with Crippen molar-refractivity contribution in [2.45, 2.75) is 219 Å². The van der Waals surface area contributed by atoms with Crippen LogP contribution < -0.4 is 0 Å². The molecule has 0 saturated carbocycles. The maximum atomic E-state index is 12.5. The van der Waals surface area contributed by atoms with Crippen molar-refractivity contribution < 1.29 is 19.4 Å². The predicted molar refractivity (Wildman–Crippen MR) is 209 cm³/mol. The Morgan fingerprint density at radius 2 is 0.833 bits per heavy atom. The van der Waals surface area contributed by atoms with Crippen LogP contribution in [0.2, 0.25) is 0 Å². The van der Waals surface area contributed by atoms with Gasteiger partial charge in [-0.1, -0.05) is 172 Å². The number of carbonyl (C=O) groups excluding carboxylic acids is 1. The van der Waals surface area contributed by atoms with Crippen molar-refractivity contribution in [2.75, 3.05) is 0 Å². The molecule has 0 rings (SSSR count). The van der Waals surface area contributed by atoms with Crippen LogP contribution in [-0.2, 0) is 14.3 Å². The average molecular weight is 671 g/mol. The minimum Gasteiger partial charge on any atom is -0.481 e. The lowest BCUT2D eigenvalue weighted by molar-refractivity contribution is -0.150. The molecule has 0 aromatic carbocycles. The normalized spacial score (nSPS) is 12.7. The molecular formula is C44H78O4. The molecule has 0 amide bonds. The van der Waals surface area contributed by atoms with Gasteiger partial charge in [0.1, 0.15) is 6.10 Å². The second-order valence-electron chi connectivity index (χ2n) is 13.8. The topological polar surface area (TPSA) is 63.6 Å². The van der Waals surface area contributed by atoms with Crippen LogP contribution in [0.1, 0.15) is 213 Å². The third-order valence-corrected chi connectivity index (χ3v) is 9.05. The lowest BCUT2D eigenvalue weighted by atomic mass is 10.0. The highest BCUT2D eigenvalue weighted by Gasteiger charge is 2.13. The van der Waals surface area contributed by atoms with E-state index in [9.17, 15) is 9.59 Å². The summed E-state index contributed by atoms with van der Waals surface area (Å²) < 4.78 is 5.93. The van der Waals surface area contributed by atoms with Gasteiger partial charge in [-0.05, 0) is 77.0 Å². The van der Waals surface area contributed by atoms with Crippen LogP contribution in [0.3, 0.4) is 0 Å². The van der Waals surface area contributed by atoms with Crippen LogP contribution in [0.5, 0.6) is 0 Å². The molecule has 4 nitrogen and oxygen atoms in total. The maximum absolute atomic E-state index is 12.5. The molecule has 1 N–H and O–H groups in total. The standard InChI is InChI=1S/C44H78O4/c1-3-5-7-8-9-10-11-12-13-14-15-16-17-22-25-28-31-34-37-41-44(47)48-42(38-6-4-2)39-35-32-29-26-23-20-18-19-21-24-27-30-33-36-40-43(45)46/h9-10,12-13,15-16,22,25,42H,3-8,11,14,17-21,23-24,26-41H2,1-2H3,(H,45,46)/b10-9-,13-12-,16-15-,25-22-. The lowest BCUT2D eigenvalue weighted by Crippen LogP contribution is -2.18. The Bertz CT molecular complexity index is 809. The fraction of sp³-hybridized carbons (Fsp3) is 0.773. The second kappa shape index (κ2) is 39.3. The molecule has 48 heavy (non-hydrogen) atoms. The van der Waals surface area contributed by atoms with E-state index in [1.165, 1.54) is 103 Å². The highest BCUT2D eigenvalue weighted by atomic mass is 16.5. The molecule has 1 unspecified atom stereocenters. The summed E-state index contributed by atoms with van der Waals surface area (Å²) in [5.74, 6) is -0.662. The highest BCUT2D eigenvalue weighted by molar-refractivity contribution is 5.69. The number of carboxylic acids is 1. The first-order valence-electron chi connectivity index (χ1n) is 20.6. The summed E-state index contributed by atoms with van der Waals surface area (Å²) in [5.41, 5.74) is 0. The van der Waals surface area contributed by atoms with E-state index in [1.807, 2.05) is 0 Å². The average Bonchev–Trinajstić information content (AvgIpc) is 3.07. The third-order valence-electron chi connectivity index (χ3n) is 9.05. The molecule has 0 spiro atoms. The molecule has 4 heteroatoms. The van der Waals surface area contributed by atoms with Gasteiger partial charge < -0.3 is 9.84 Å². The fourth-order valence-electron chi connectivity index (χ4n) is 5.98. The first-order chi connectivity index (χ1) is 23.6. The quantitative estimate of drug-likeness (QED) is 0.0406. The molecule has 0 aliphatic carbocycles. The van der Waals surface area contributed by atoms with Crippen molar-refractivity contribution in [3.05, 3.63) is 48.6 Å². The SMILES string of the molecule is CCCCC/C=C\C/C=C\C/C=C\C/C=C\CCCCCC(=O)OC(CCCC)CCCCCCCCCCCCCCCCC(=O)O. The Morgan fingerprint density at radius 3 is 1.31 bits per heavy atom. The Balaban J connectivity index is 3.71. The Labute approximate surface area is 298 Å². The van der Waals surface area contributed by atoms with Gasteiger partial charge in [-0.15, -0.1) is 0 Å². The van der Waals surface area contributed by atoms with Crippen LogP contribution in [-0.4, -0.2) is 23.1 Å². The largest absolute Gasteiger partial charge is 0.481 e. The summed E-state index contributed by atoms with van der Waals surface area (Å²) in [4.78, 5) is 23.0. The van der Waals surface area contributed by atoms with Gasteiger partial charge in [0.15, 0.2) is 0 Å². The van der Waals surface area contributed by atoms with E-state index in [-0.39, 0.29) is 12.1 Å². The number of ether oxygens (including phenoxy) is 1. The Kier molecular flexibility index (Phi) is 37.6. The smallest absolute Gasteiger partial charge is 0.306 e. The van der Waals surface area contributed by atoms with Gasteiger partial charge >= 0.3 is 11.9 Å². The minimum absolute atomic E-state index is 0.00649. The zero-order valence-corrected chi connectivity index (χ0v) is 31.8. The van der Waals surface area contributed by atoms with Crippen LogP contribution in [0.25, 0.3) is 0 Å². The van der Waals surface area contributed by atoms with Crippen LogP contribution in [0.15, 0.2) is 48.6 Å². The number of carboxylic acid groups (broad SMARTS) is 1. The lowest BCUT2D eigenvalue weighted by Gasteiger charge is -2.18. The molecule has 278 valence electrons. The van der Waals surface area contributed by atoms with E-state index < -0.39 is 5.97 Å². The number of rotatable bonds is 37. The number of unbranched alkanes of at least 4 members (excludes halogenated alkanes) is 20. The molecule has 0 saturated heterocycles. The Morgan fingerprint density at radius 1 is 0.458 bits per heavy atom. The number of hydrogen-bond acceptors (Lipinski definition) is 3. The minimum atomic E-state index is -0.668. The van der Waals surface area contributed by atoms with Gasteiger partial charge in [-0.2, -0.15) is 0 Å². The predicted octanol–water partition coefficient (Wildman–Crippen LogP) is 14.3. The van der Waals surface area contributed by atoms with Gasteiger partial charge in [0.2, 0.25) is 0 Å². The molecule has 0 aromatic rings. The number of aliphatic carboxylic acids is 1. The zero-order valence-electron chi connectivity index (χ0n) is 31.8. The van der Waals surface area contributed by atoms with Crippen LogP contribution >= 0.6 is 0 Å². The van der Waals surface area contributed by atoms with Crippen molar-refractivity contribution >= 4 is 11.9 Å². The van der Waals surface area contributed by atoms with Gasteiger partial charge in [0.25, 0.3) is 0 Å². The highest BCUT2D eigenvalue weighted by Crippen LogP contribution is 2.18. The van der Waals surface area contributed by atoms with Gasteiger partial charge in [0, 0.05) is 12.8 Å². The van der Waals surface area contributed by atoms with E-state index in [4.69, 9.17) is 9.84 Å². The van der Waals surface area contributed by atoms with Gasteiger partial charge in [0.05, 0.1) is 0 Å². The fourth-order valence-corrected chi connectivity index (χ4v) is 5.98. The van der Waals surface area contributed by atoms with Gasteiger partial charge in [-0.25, -0.2) is 0 Å². The first kappa shape index (κ1) is 45.9. The zero-order chi connectivity index (χ0) is 35.0. The summed E-state index contributed by atoms with van der Waals surface area (Å²) in [7, 11) is 0. The van der Waals surface area contributed by atoms with E-state index in [1.54, 1.807) is 0 Å². The molecule has 0 aromatic heterocycles. The number of allylic oxidation sites excluding steroid dienone is 8. The van der Waals surface area contributed by atoms with E-state index >= 15 is 0 Å². The maximum Gasteiger partial charge on any atom is 0.306 e. The number of esters is 1. The summed E-state index contributed by atoms with van der Waals surface area (Å²) in [6, 6.07) is 0. The monoisotopic (exact) mass is 671 g/mol. The summed E-state index contributed by atoms with van der Waals surface area (Å²) in [6.45, 7) is 4.46.